The summed E-state index contributed by atoms with van der Waals surface area (Å²) >= 11 is 1.49. The van der Waals surface area contributed by atoms with E-state index < -0.39 is 0 Å². The van der Waals surface area contributed by atoms with Gasteiger partial charge in [-0.3, -0.25) is 14.5 Å². The third-order valence-corrected chi connectivity index (χ3v) is 5.83. The van der Waals surface area contributed by atoms with Crippen molar-refractivity contribution in [3.8, 4) is 0 Å². The normalized spacial score (nSPS) is 17.9. The molecular weight excluding hydrogens is 358 g/mol. The van der Waals surface area contributed by atoms with E-state index in [-0.39, 0.29) is 18.4 Å². The second kappa shape index (κ2) is 7.40. The topological polar surface area (TPSA) is 43.9 Å². The number of anilines is 1. The predicted molar refractivity (Wildman–Crippen MR) is 108 cm³/mol. The number of benzene rings is 1. The monoisotopic (exact) mass is 379 g/mol. The van der Waals surface area contributed by atoms with Crippen LogP contribution >= 0.6 is 11.3 Å². The van der Waals surface area contributed by atoms with E-state index in [2.05, 4.69) is 28.5 Å². The number of imide groups is 1. The van der Waals surface area contributed by atoms with Crippen LogP contribution in [-0.2, 0) is 9.59 Å². The van der Waals surface area contributed by atoms with Crippen molar-refractivity contribution in [2.75, 3.05) is 37.6 Å². The second-order valence-corrected chi connectivity index (χ2v) is 7.47. The molecule has 0 aliphatic carbocycles. The van der Waals surface area contributed by atoms with Crippen LogP contribution in [0.3, 0.4) is 0 Å². The Hall–Kier alpha value is -2.86. The SMILES string of the molecule is C=CCN1C(=O)C(c2cccs2)=C(N2CCN(c3ccccc3)CC2)C1=O. The number of carbonyl (C=O) groups is 2. The highest BCUT2D eigenvalue weighted by atomic mass is 32.1. The molecule has 2 aromatic rings. The molecule has 1 aromatic heterocycles. The quantitative estimate of drug-likeness (QED) is 0.592. The number of hydrogen-bond acceptors (Lipinski definition) is 5. The van der Waals surface area contributed by atoms with Crippen molar-refractivity contribution < 1.29 is 9.59 Å². The Kier molecular flexibility index (Phi) is 4.81. The molecule has 138 valence electrons. The predicted octanol–water partition coefficient (Wildman–Crippen LogP) is 2.84. The van der Waals surface area contributed by atoms with Crippen LogP contribution in [0.5, 0.6) is 0 Å². The van der Waals surface area contributed by atoms with Gasteiger partial charge in [0, 0.05) is 43.3 Å². The highest BCUT2D eigenvalue weighted by Gasteiger charge is 2.41. The standard InChI is InChI=1S/C21H21N3O2S/c1-2-10-24-20(25)18(17-9-6-15-27-17)19(21(24)26)23-13-11-22(12-14-23)16-7-4-3-5-8-16/h2-9,15H,1,10-14H2. The van der Waals surface area contributed by atoms with Crippen molar-refractivity contribution in [3.05, 3.63) is 71.1 Å². The average molecular weight is 379 g/mol. The van der Waals surface area contributed by atoms with Crippen molar-refractivity contribution in [2.45, 2.75) is 0 Å². The molecular formula is C21H21N3O2S. The number of hydrogen-bond donors (Lipinski definition) is 0. The molecule has 1 fully saturated rings. The number of amides is 2. The van der Waals surface area contributed by atoms with Crippen LogP contribution in [0, 0.1) is 0 Å². The summed E-state index contributed by atoms with van der Waals surface area (Å²) in [4.78, 5) is 32.4. The Morgan fingerprint density at radius 1 is 0.926 bits per heavy atom. The Balaban J connectivity index is 1.61. The maximum absolute atomic E-state index is 13.0. The van der Waals surface area contributed by atoms with Gasteiger partial charge in [-0.1, -0.05) is 30.3 Å². The summed E-state index contributed by atoms with van der Waals surface area (Å²) in [5, 5.41) is 1.93. The number of nitrogens with zero attached hydrogens (tertiary/aromatic N) is 3. The van der Waals surface area contributed by atoms with E-state index in [0.717, 1.165) is 18.0 Å². The van der Waals surface area contributed by atoms with Gasteiger partial charge in [-0.15, -0.1) is 17.9 Å². The molecule has 2 aliphatic rings. The van der Waals surface area contributed by atoms with Crippen molar-refractivity contribution in [3.63, 3.8) is 0 Å². The van der Waals surface area contributed by atoms with Gasteiger partial charge in [-0.25, -0.2) is 0 Å². The van der Waals surface area contributed by atoms with Crippen LogP contribution in [0.2, 0.25) is 0 Å². The van der Waals surface area contributed by atoms with Gasteiger partial charge in [0.1, 0.15) is 5.70 Å². The fraction of sp³-hybridized carbons (Fsp3) is 0.238. The van der Waals surface area contributed by atoms with Crippen molar-refractivity contribution in [2.24, 2.45) is 0 Å². The molecule has 0 unspecified atom stereocenters. The highest BCUT2D eigenvalue weighted by molar-refractivity contribution is 7.11. The van der Waals surface area contributed by atoms with E-state index in [1.807, 2.05) is 35.7 Å². The molecule has 1 saturated heterocycles. The molecule has 0 spiro atoms. The minimum absolute atomic E-state index is 0.212. The summed E-state index contributed by atoms with van der Waals surface area (Å²) in [5.74, 6) is -0.431. The zero-order chi connectivity index (χ0) is 18.8. The van der Waals surface area contributed by atoms with Gasteiger partial charge in [0.2, 0.25) is 0 Å². The highest BCUT2D eigenvalue weighted by Crippen LogP contribution is 2.34. The average Bonchev–Trinajstić information content (AvgIpc) is 3.31. The van der Waals surface area contributed by atoms with Gasteiger partial charge >= 0.3 is 0 Å². The van der Waals surface area contributed by atoms with E-state index in [1.54, 1.807) is 6.08 Å². The Morgan fingerprint density at radius 2 is 1.63 bits per heavy atom. The lowest BCUT2D eigenvalue weighted by atomic mass is 10.1. The number of rotatable bonds is 5. The van der Waals surface area contributed by atoms with Crippen LogP contribution in [0.25, 0.3) is 5.57 Å². The molecule has 0 radical (unpaired) electrons. The van der Waals surface area contributed by atoms with Crippen molar-refractivity contribution >= 4 is 34.4 Å². The van der Waals surface area contributed by atoms with E-state index in [4.69, 9.17) is 0 Å². The molecule has 0 N–H and O–H groups in total. The van der Waals surface area contributed by atoms with Gasteiger partial charge in [0.15, 0.2) is 0 Å². The summed E-state index contributed by atoms with van der Waals surface area (Å²) in [6, 6.07) is 14.1. The number of carbonyl (C=O) groups excluding carboxylic acids is 2. The number of piperazine rings is 1. The first kappa shape index (κ1) is 17.5. The molecule has 4 rings (SSSR count). The summed E-state index contributed by atoms with van der Waals surface area (Å²) < 4.78 is 0. The molecule has 5 nitrogen and oxygen atoms in total. The third-order valence-electron chi connectivity index (χ3n) is 4.94. The Labute approximate surface area is 162 Å². The fourth-order valence-corrected chi connectivity index (χ4v) is 4.38. The van der Waals surface area contributed by atoms with Crippen LogP contribution < -0.4 is 4.90 Å². The maximum Gasteiger partial charge on any atom is 0.278 e. The Morgan fingerprint density at radius 3 is 2.26 bits per heavy atom. The summed E-state index contributed by atoms with van der Waals surface area (Å²) in [5.41, 5.74) is 2.26. The first-order valence-electron chi connectivity index (χ1n) is 9.01. The molecule has 6 heteroatoms. The lowest BCUT2D eigenvalue weighted by Crippen LogP contribution is -2.47. The van der Waals surface area contributed by atoms with Crippen molar-refractivity contribution in [1.82, 2.24) is 9.80 Å². The smallest absolute Gasteiger partial charge is 0.278 e. The summed E-state index contributed by atoms with van der Waals surface area (Å²) in [7, 11) is 0. The molecule has 0 saturated carbocycles. The van der Waals surface area contributed by atoms with Gasteiger partial charge < -0.3 is 9.80 Å². The van der Waals surface area contributed by atoms with Crippen LogP contribution in [-0.4, -0.2) is 54.3 Å². The number of para-hydroxylation sites is 1. The summed E-state index contributed by atoms with van der Waals surface area (Å²) in [6.45, 7) is 6.96. The lowest BCUT2D eigenvalue weighted by molar-refractivity contribution is -0.136. The van der Waals surface area contributed by atoms with Crippen LogP contribution in [0.15, 0.2) is 66.2 Å². The van der Waals surface area contributed by atoms with Gasteiger partial charge in [0.25, 0.3) is 11.8 Å². The molecule has 2 amide bonds. The minimum Gasteiger partial charge on any atom is -0.368 e. The first-order valence-corrected chi connectivity index (χ1v) is 9.89. The lowest BCUT2D eigenvalue weighted by Gasteiger charge is -2.37. The second-order valence-electron chi connectivity index (χ2n) is 6.52. The van der Waals surface area contributed by atoms with E-state index in [9.17, 15) is 9.59 Å². The minimum atomic E-state index is -0.220. The number of thiophene rings is 1. The van der Waals surface area contributed by atoms with Gasteiger partial charge in [-0.2, -0.15) is 0 Å². The molecule has 1 aromatic carbocycles. The van der Waals surface area contributed by atoms with Crippen molar-refractivity contribution in [1.29, 1.82) is 0 Å². The van der Waals surface area contributed by atoms with E-state index in [1.165, 1.54) is 21.9 Å². The van der Waals surface area contributed by atoms with Gasteiger partial charge in [-0.05, 0) is 23.6 Å². The molecule has 0 atom stereocenters. The molecule has 2 aliphatic heterocycles. The maximum atomic E-state index is 13.0. The first-order chi connectivity index (χ1) is 13.2. The van der Waals surface area contributed by atoms with E-state index in [0.29, 0.717) is 24.4 Å². The molecule has 0 bridgehead atoms. The van der Waals surface area contributed by atoms with Crippen LogP contribution in [0.4, 0.5) is 5.69 Å². The molecule has 27 heavy (non-hydrogen) atoms. The zero-order valence-electron chi connectivity index (χ0n) is 15.0. The zero-order valence-corrected chi connectivity index (χ0v) is 15.8. The fourth-order valence-electron chi connectivity index (χ4n) is 3.62. The Bertz CT molecular complexity index is 881. The van der Waals surface area contributed by atoms with Gasteiger partial charge in [0.05, 0.1) is 5.57 Å². The van der Waals surface area contributed by atoms with Crippen LogP contribution in [0.1, 0.15) is 4.88 Å². The third kappa shape index (κ3) is 3.17. The summed E-state index contributed by atoms with van der Waals surface area (Å²) in [6.07, 6.45) is 1.60. The largest absolute Gasteiger partial charge is 0.368 e. The molecule has 3 heterocycles. The van der Waals surface area contributed by atoms with E-state index >= 15 is 0 Å².